The summed E-state index contributed by atoms with van der Waals surface area (Å²) in [6.07, 6.45) is 0. The molecule has 0 saturated carbocycles. The monoisotopic (exact) mass is 534 g/mol. The van der Waals surface area contributed by atoms with Crippen molar-refractivity contribution in [1.82, 2.24) is 0 Å². The minimum Gasteiger partial charge on any atom is -0.309 e. The highest BCUT2D eigenvalue weighted by Crippen LogP contribution is 2.48. The van der Waals surface area contributed by atoms with Gasteiger partial charge in [0, 0.05) is 31.8 Å². The normalized spacial score (nSPS) is 11.9. The molecule has 0 aliphatic carbocycles. The third-order valence-corrected chi connectivity index (χ3v) is 13.6. The molecule has 38 heavy (non-hydrogen) atoms. The molecule has 0 aliphatic rings. The van der Waals surface area contributed by atoms with Crippen LogP contribution in [0.5, 0.6) is 0 Å². The lowest BCUT2D eigenvalue weighted by Crippen LogP contribution is -2.38. The molecule has 4 heteroatoms. The third-order valence-electron chi connectivity index (χ3n) is 7.15. The molecular weight excluding hydrogens is 502 g/mol. The average Bonchev–Trinajstić information content (AvgIpc) is 2.94. The van der Waals surface area contributed by atoms with Crippen molar-refractivity contribution >= 4 is 46.1 Å². The molecular formula is C34H32O2P2. The van der Waals surface area contributed by atoms with Gasteiger partial charge in [-0.2, -0.15) is 0 Å². The molecule has 0 unspecified atom stereocenters. The number of aryl methyl sites for hydroxylation is 4. The SMILES string of the molecule is Cc1ccc(P(=O)(c2ccc(C)cc2)c2ccccc2P(=O)(c2ccc(C)cc2)c2ccc(C)cc2)cc1. The Kier molecular flexibility index (Phi) is 7.15. The molecule has 5 aromatic carbocycles. The maximum atomic E-state index is 15.6. The molecule has 0 aliphatic heterocycles. The fraction of sp³-hybridized carbons (Fsp3) is 0.118. The molecule has 0 radical (unpaired) electrons. The van der Waals surface area contributed by atoms with Gasteiger partial charge < -0.3 is 9.13 Å². The van der Waals surface area contributed by atoms with E-state index in [1.807, 2.05) is 149 Å². The Morgan fingerprint density at radius 3 is 0.763 bits per heavy atom. The zero-order valence-corrected chi connectivity index (χ0v) is 24.0. The number of benzene rings is 5. The van der Waals surface area contributed by atoms with E-state index in [1.54, 1.807) is 0 Å². The van der Waals surface area contributed by atoms with Crippen molar-refractivity contribution in [2.75, 3.05) is 0 Å². The Morgan fingerprint density at radius 2 is 0.553 bits per heavy atom. The second-order valence-corrected chi connectivity index (χ2v) is 15.5. The average molecular weight is 535 g/mol. The lowest BCUT2D eigenvalue weighted by Gasteiger charge is -2.28. The number of rotatable bonds is 6. The fourth-order valence-electron chi connectivity index (χ4n) is 4.87. The third kappa shape index (κ3) is 4.64. The Balaban J connectivity index is 1.86. The molecule has 0 atom stereocenters. The van der Waals surface area contributed by atoms with Crippen LogP contribution in [0, 0.1) is 27.7 Å². The smallest absolute Gasteiger partial charge is 0.171 e. The molecule has 0 bridgehead atoms. The summed E-state index contributed by atoms with van der Waals surface area (Å²) in [5.41, 5.74) is 4.40. The van der Waals surface area contributed by atoms with Gasteiger partial charge in [-0.25, -0.2) is 0 Å². The van der Waals surface area contributed by atoms with Crippen LogP contribution in [0.4, 0.5) is 0 Å². The standard InChI is InChI=1S/C34H32O2P2/c1-25-9-17-29(18-10-25)37(35,30-19-11-26(2)12-20-30)33-7-5-6-8-34(33)38(36,31-21-13-27(3)14-22-31)32-23-15-28(4)16-24-32/h5-24H,1-4H3. The van der Waals surface area contributed by atoms with Gasteiger partial charge in [-0.1, -0.05) is 144 Å². The van der Waals surface area contributed by atoms with E-state index < -0.39 is 14.3 Å². The highest BCUT2D eigenvalue weighted by Gasteiger charge is 2.39. The summed E-state index contributed by atoms with van der Waals surface area (Å²) in [5.74, 6) is 0. The summed E-state index contributed by atoms with van der Waals surface area (Å²) >= 11 is 0. The zero-order chi connectivity index (χ0) is 26.9. The highest BCUT2D eigenvalue weighted by atomic mass is 31.2. The molecule has 0 heterocycles. The minimum atomic E-state index is -3.38. The van der Waals surface area contributed by atoms with Gasteiger partial charge in [-0.15, -0.1) is 0 Å². The maximum Gasteiger partial charge on any atom is 0.171 e. The van der Waals surface area contributed by atoms with Crippen LogP contribution < -0.4 is 31.8 Å². The van der Waals surface area contributed by atoms with Crippen molar-refractivity contribution in [2.24, 2.45) is 0 Å². The highest BCUT2D eigenvalue weighted by molar-refractivity contribution is 7.90. The topological polar surface area (TPSA) is 34.1 Å². The van der Waals surface area contributed by atoms with Crippen LogP contribution in [-0.4, -0.2) is 0 Å². The molecule has 0 saturated heterocycles. The van der Waals surface area contributed by atoms with Crippen molar-refractivity contribution in [1.29, 1.82) is 0 Å². The van der Waals surface area contributed by atoms with Crippen LogP contribution in [0.2, 0.25) is 0 Å². The Morgan fingerprint density at radius 1 is 0.342 bits per heavy atom. The Bertz CT molecular complexity index is 1440. The van der Waals surface area contributed by atoms with Gasteiger partial charge in [0.1, 0.15) is 0 Å². The Hall–Kier alpha value is -3.44. The van der Waals surface area contributed by atoms with Crippen LogP contribution in [0.1, 0.15) is 22.3 Å². The minimum absolute atomic E-state index is 0.622. The first-order valence-electron chi connectivity index (χ1n) is 12.8. The first-order valence-corrected chi connectivity index (χ1v) is 16.2. The first kappa shape index (κ1) is 26.2. The molecule has 0 amide bonds. The quantitative estimate of drug-likeness (QED) is 0.243. The van der Waals surface area contributed by atoms with Gasteiger partial charge in [0.2, 0.25) is 0 Å². The van der Waals surface area contributed by atoms with Crippen molar-refractivity contribution in [3.05, 3.63) is 144 Å². The van der Waals surface area contributed by atoms with Gasteiger partial charge >= 0.3 is 0 Å². The predicted octanol–water partition coefficient (Wildman–Crippen LogP) is 6.20. The van der Waals surface area contributed by atoms with Crippen molar-refractivity contribution in [3.63, 3.8) is 0 Å². The van der Waals surface area contributed by atoms with Gasteiger partial charge in [0.15, 0.2) is 14.3 Å². The van der Waals surface area contributed by atoms with Crippen LogP contribution in [0.15, 0.2) is 121 Å². The largest absolute Gasteiger partial charge is 0.309 e. The molecule has 0 N–H and O–H groups in total. The number of hydrogen-bond donors (Lipinski definition) is 0. The van der Waals surface area contributed by atoms with Gasteiger partial charge in [0.05, 0.1) is 0 Å². The van der Waals surface area contributed by atoms with Crippen LogP contribution in [-0.2, 0) is 9.13 Å². The lowest BCUT2D eigenvalue weighted by atomic mass is 10.2. The summed E-state index contributed by atoms with van der Waals surface area (Å²) in [6, 6.07) is 39.2. The fourth-order valence-corrected chi connectivity index (χ4v) is 11.1. The van der Waals surface area contributed by atoms with E-state index in [1.165, 1.54) is 0 Å². The van der Waals surface area contributed by atoms with Gasteiger partial charge in [-0.05, 0) is 27.7 Å². The summed E-state index contributed by atoms with van der Waals surface area (Å²) in [7, 11) is -6.76. The van der Waals surface area contributed by atoms with E-state index in [4.69, 9.17) is 0 Å². The lowest BCUT2D eigenvalue weighted by molar-refractivity contribution is 0.590. The van der Waals surface area contributed by atoms with Crippen molar-refractivity contribution in [2.45, 2.75) is 27.7 Å². The summed E-state index contributed by atoms with van der Waals surface area (Å²) in [5, 5.41) is 4.18. The van der Waals surface area contributed by atoms with E-state index in [-0.39, 0.29) is 0 Å². The van der Waals surface area contributed by atoms with Gasteiger partial charge in [-0.3, -0.25) is 0 Å². The first-order chi connectivity index (χ1) is 18.2. The van der Waals surface area contributed by atoms with E-state index >= 15 is 9.13 Å². The van der Waals surface area contributed by atoms with E-state index in [2.05, 4.69) is 0 Å². The molecule has 190 valence electrons. The summed E-state index contributed by atoms with van der Waals surface area (Å²) in [6.45, 7) is 8.10. The van der Waals surface area contributed by atoms with Gasteiger partial charge in [0.25, 0.3) is 0 Å². The molecule has 5 aromatic rings. The molecule has 2 nitrogen and oxygen atoms in total. The van der Waals surface area contributed by atoms with E-state index in [9.17, 15) is 0 Å². The van der Waals surface area contributed by atoms with Crippen LogP contribution in [0.25, 0.3) is 0 Å². The zero-order valence-electron chi connectivity index (χ0n) is 22.3. The Labute approximate surface area is 226 Å². The van der Waals surface area contributed by atoms with E-state index in [0.29, 0.717) is 10.6 Å². The van der Waals surface area contributed by atoms with Crippen LogP contribution >= 0.6 is 14.3 Å². The second kappa shape index (κ2) is 10.4. The molecule has 0 fully saturated rings. The van der Waals surface area contributed by atoms with Crippen molar-refractivity contribution < 1.29 is 9.13 Å². The second-order valence-electron chi connectivity index (χ2n) is 10.0. The molecule has 0 spiro atoms. The maximum absolute atomic E-state index is 15.6. The van der Waals surface area contributed by atoms with Crippen LogP contribution in [0.3, 0.4) is 0 Å². The molecule has 0 aromatic heterocycles. The summed E-state index contributed by atoms with van der Waals surface area (Å²) in [4.78, 5) is 0. The molecule has 5 rings (SSSR count). The number of hydrogen-bond acceptors (Lipinski definition) is 2. The predicted molar refractivity (Wildman–Crippen MR) is 164 cm³/mol. The van der Waals surface area contributed by atoms with E-state index in [0.717, 1.165) is 43.5 Å². The summed E-state index contributed by atoms with van der Waals surface area (Å²) < 4.78 is 31.1. The van der Waals surface area contributed by atoms with Crippen molar-refractivity contribution in [3.8, 4) is 0 Å².